The Bertz CT molecular complexity index is 492. The molecule has 2 heterocycles. The normalized spacial score (nSPS) is 18.7. The lowest BCUT2D eigenvalue weighted by atomic mass is 9.97. The number of rotatable bonds is 7. The van der Waals surface area contributed by atoms with Crippen molar-refractivity contribution in [2.75, 3.05) is 32.7 Å². The van der Waals surface area contributed by atoms with Gasteiger partial charge in [-0.25, -0.2) is 0 Å². The first-order valence-corrected chi connectivity index (χ1v) is 9.35. The zero-order valence-corrected chi connectivity index (χ0v) is 18.2. The average Bonchev–Trinajstić information content (AvgIpc) is 2.61. The largest absolute Gasteiger partial charge is 0.357 e. The molecular weight excluding hydrogens is 425 g/mol. The zero-order valence-electron chi connectivity index (χ0n) is 15.9. The summed E-state index contributed by atoms with van der Waals surface area (Å²) >= 11 is 0. The van der Waals surface area contributed by atoms with Crippen LogP contribution in [-0.2, 0) is 6.42 Å². The molecule has 5 nitrogen and oxygen atoms in total. The molecule has 6 heteroatoms. The summed E-state index contributed by atoms with van der Waals surface area (Å²) in [5.41, 5.74) is 1.11. The van der Waals surface area contributed by atoms with E-state index in [9.17, 15) is 0 Å². The van der Waals surface area contributed by atoms with Crippen LogP contribution in [0.25, 0.3) is 0 Å². The van der Waals surface area contributed by atoms with Crippen molar-refractivity contribution in [1.29, 1.82) is 0 Å². The third-order valence-electron chi connectivity index (χ3n) is 4.53. The van der Waals surface area contributed by atoms with Gasteiger partial charge >= 0.3 is 0 Å². The number of pyridine rings is 1. The summed E-state index contributed by atoms with van der Waals surface area (Å²) in [5, 5.41) is 6.78. The summed E-state index contributed by atoms with van der Waals surface area (Å²) < 4.78 is 0. The number of hydrogen-bond acceptors (Lipinski definition) is 3. The maximum atomic E-state index is 4.81. The third kappa shape index (κ3) is 8.35. The number of halogens is 1. The van der Waals surface area contributed by atoms with E-state index in [1.807, 2.05) is 18.3 Å². The second kappa shape index (κ2) is 12.5. The predicted octanol–water partition coefficient (Wildman–Crippen LogP) is 2.92. The fourth-order valence-electron chi connectivity index (χ4n) is 3.13. The Morgan fingerprint density at radius 3 is 2.88 bits per heavy atom. The highest BCUT2D eigenvalue weighted by atomic mass is 127. The van der Waals surface area contributed by atoms with E-state index in [1.165, 1.54) is 25.9 Å². The third-order valence-corrected chi connectivity index (χ3v) is 4.53. The van der Waals surface area contributed by atoms with Crippen LogP contribution in [0.2, 0.25) is 0 Å². The van der Waals surface area contributed by atoms with Crippen LogP contribution in [-0.4, -0.2) is 54.6 Å². The molecule has 1 atom stereocenters. The topological polar surface area (TPSA) is 52.6 Å². The fourth-order valence-corrected chi connectivity index (χ4v) is 3.13. The van der Waals surface area contributed by atoms with Crippen molar-refractivity contribution in [3.8, 4) is 0 Å². The highest BCUT2D eigenvalue weighted by Gasteiger charge is 2.21. The van der Waals surface area contributed by atoms with E-state index in [-0.39, 0.29) is 24.0 Å². The molecule has 0 radical (unpaired) electrons. The number of aliphatic imine (C=N–C) groups is 1. The zero-order chi connectivity index (χ0) is 17.2. The first-order chi connectivity index (χ1) is 11.7. The summed E-state index contributed by atoms with van der Waals surface area (Å²) in [5.74, 6) is 1.60. The highest BCUT2D eigenvalue weighted by molar-refractivity contribution is 14.0. The van der Waals surface area contributed by atoms with Gasteiger partial charge in [0.05, 0.1) is 0 Å². The lowest BCUT2D eigenvalue weighted by Gasteiger charge is -2.34. The summed E-state index contributed by atoms with van der Waals surface area (Å²) in [6.45, 7) is 11.7. The van der Waals surface area contributed by atoms with Crippen LogP contribution >= 0.6 is 24.0 Å². The van der Waals surface area contributed by atoms with E-state index in [4.69, 9.17) is 4.99 Å². The summed E-state index contributed by atoms with van der Waals surface area (Å²) in [7, 11) is 0. The molecule has 1 aromatic rings. The molecule has 1 unspecified atom stereocenters. The average molecular weight is 459 g/mol. The molecule has 0 aromatic carbocycles. The number of nitrogens with zero attached hydrogens (tertiary/aromatic N) is 3. The van der Waals surface area contributed by atoms with Crippen molar-refractivity contribution in [3.05, 3.63) is 30.1 Å². The van der Waals surface area contributed by atoms with Gasteiger partial charge in [-0.15, -0.1) is 24.0 Å². The van der Waals surface area contributed by atoms with Gasteiger partial charge in [0.15, 0.2) is 5.96 Å². The molecule has 0 spiro atoms. The molecule has 1 fully saturated rings. The predicted molar refractivity (Wildman–Crippen MR) is 117 cm³/mol. The van der Waals surface area contributed by atoms with Gasteiger partial charge in [0, 0.05) is 50.5 Å². The first-order valence-electron chi connectivity index (χ1n) is 9.35. The quantitative estimate of drug-likeness (QED) is 0.374. The van der Waals surface area contributed by atoms with Gasteiger partial charge in [-0.2, -0.15) is 0 Å². The van der Waals surface area contributed by atoms with Crippen molar-refractivity contribution in [2.24, 2.45) is 10.9 Å². The van der Waals surface area contributed by atoms with Crippen molar-refractivity contribution in [1.82, 2.24) is 20.5 Å². The Morgan fingerprint density at radius 2 is 2.20 bits per heavy atom. The molecule has 25 heavy (non-hydrogen) atoms. The van der Waals surface area contributed by atoms with E-state index in [2.05, 4.69) is 47.4 Å². The van der Waals surface area contributed by atoms with E-state index in [0.717, 1.165) is 37.7 Å². The van der Waals surface area contributed by atoms with Gasteiger partial charge in [-0.1, -0.05) is 6.07 Å². The molecule has 0 bridgehead atoms. The van der Waals surface area contributed by atoms with Gasteiger partial charge in [0.1, 0.15) is 0 Å². The molecule has 0 aliphatic carbocycles. The van der Waals surface area contributed by atoms with Gasteiger partial charge in [-0.3, -0.25) is 9.98 Å². The molecule has 1 aliphatic rings. The van der Waals surface area contributed by atoms with Gasteiger partial charge in [0.2, 0.25) is 0 Å². The van der Waals surface area contributed by atoms with Crippen molar-refractivity contribution in [3.63, 3.8) is 0 Å². The molecule has 142 valence electrons. The Morgan fingerprint density at radius 1 is 1.36 bits per heavy atom. The van der Waals surface area contributed by atoms with Crippen LogP contribution in [0, 0.1) is 5.92 Å². The van der Waals surface area contributed by atoms with Crippen LogP contribution in [0.4, 0.5) is 0 Å². The summed E-state index contributed by atoms with van der Waals surface area (Å²) in [4.78, 5) is 11.7. The molecule has 0 amide bonds. The summed E-state index contributed by atoms with van der Waals surface area (Å²) in [6, 6.07) is 6.69. The maximum absolute atomic E-state index is 4.81. The standard InChI is InChI=1S/C19H33N5.HI/c1-4-20-19(22-12-10-18-9-5-6-11-21-18)23-14-17-8-7-13-24(15-17)16(2)3;/h5-6,9,11,16-17H,4,7-8,10,12-15H2,1-3H3,(H2,20,22,23);1H. The molecule has 1 aromatic heterocycles. The van der Waals surface area contributed by atoms with Crippen LogP contribution in [0.1, 0.15) is 39.3 Å². The minimum Gasteiger partial charge on any atom is -0.357 e. The number of piperidine rings is 1. The molecule has 1 saturated heterocycles. The van der Waals surface area contributed by atoms with Gasteiger partial charge in [0.25, 0.3) is 0 Å². The van der Waals surface area contributed by atoms with E-state index < -0.39 is 0 Å². The maximum Gasteiger partial charge on any atom is 0.191 e. The Hall–Kier alpha value is -0.890. The van der Waals surface area contributed by atoms with Crippen LogP contribution in [0.5, 0.6) is 0 Å². The highest BCUT2D eigenvalue weighted by Crippen LogP contribution is 2.18. The van der Waals surface area contributed by atoms with E-state index in [1.54, 1.807) is 0 Å². The van der Waals surface area contributed by atoms with Crippen LogP contribution in [0.3, 0.4) is 0 Å². The summed E-state index contributed by atoms with van der Waals surface area (Å²) in [6.07, 6.45) is 5.34. The molecular formula is C19H34IN5. The SMILES string of the molecule is CCNC(=NCC1CCCN(C(C)C)C1)NCCc1ccccn1.I. The Balaban J connectivity index is 0.00000312. The van der Waals surface area contributed by atoms with Crippen molar-refractivity contribution < 1.29 is 0 Å². The lowest BCUT2D eigenvalue weighted by molar-refractivity contribution is 0.143. The number of hydrogen-bond donors (Lipinski definition) is 2. The molecule has 2 rings (SSSR count). The van der Waals surface area contributed by atoms with Crippen molar-refractivity contribution in [2.45, 2.75) is 46.1 Å². The van der Waals surface area contributed by atoms with Crippen LogP contribution in [0.15, 0.2) is 29.4 Å². The number of nitrogens with one attached hydrogen (secondary N) is 2. The number of guanidine groups is 1. The fraction of sp³-hybridized carbons (Fsp3) is 0.684. The van der Waals surface area contributed by atoms with Gasteiger partial charge in [-0.05, 0) is 58.2 Å². The lowest BCUT2D eigenvalue weighted by Crippen LogP contribution is -2.42. The minimum atomic E-state index is 0. The molecule has 2 N–H and O–H groups in total. The minimum absolute atomic E-state index is 0. The van der Waals surface area contributed by atoms with Crippen molar-refractivity contribution >= 4 is 29.9 Å². The van der Waals surface area contributed by atoms with Crippen LogP contribution < -0.4 is 10.6 Å². The Labute approximate surface area is 170 Å². The van der Waals surface area contributed by atoms with E-state index in [0.29, 0.717) is 12.0 Å². The molecule has 0 saturated carbocycles. The molecule has 1 aliphatic heterocycles. The van der Waals surface area contributed by atoms with Gasteiger partial charge < -0.3 is 15.5 Å². The first kappa shape index (κ1) is 22.2. The number of likely N-dealkylation sites (tertiary alicyclic amines) is 1. The van der Waals surface area contributed by atoms with E-state index >= 15 is 0 Å². The second-order valence-electron chi connectivity index (χ2n) is 6.81. The second-order valence-corrected chi connectivity index (χ2v) is 6.81. The smallest absolute Gasteiger partial charge is 0.191 e. The number of aromatic nitrogens is 1. The Kier molecular flexibility index (Phi) is 11.0. The monoisotopic (exact) mass is 459 g/mol.